The number of aryl methyl sites for hydroxylation is 1. The number of thiazole rings is 1. The standard InChI is InChI=1S/C12H15N3OS/c1-7-4-5-8-9(6-7)17-11(14-8)15-10(16)12(2,3)13/h4-6H,13H2,1-3H3,(H,14,15,16). The van der Waals surface area contributed by atoms with E-state index in [9.17, 15) is 4.79 Å². The van der Waals surface area contributed by atoms with E-state index in [0.29, 0.717) is 5.13 Å². The van der Waals surface area contributed by atoms with Crippen LogP contribution >= 0.6 is 11.3 Å². The number of anilines is 1. The third-order valence-corrected chi connectivity index (χ3v) is 3.28. The summed E-state index contributed by atoms with van der Waals surface area (Å²) in [5.41, 5.74) is 6.89. The smallest absolute Gasteiger partial charge is 0.245 e. The van der Waals surface area contributed by atoms with E-state index in [0.717, 1.165) is 10.2 Å². The molecule has 2 rings (SSSR count). The predicted molar refractivity (Wildman–Crippen MR) is 71.3 cm³/mol. The van der Waals surface area contributed by atoms with E-state index in [1.165, 1.54) is 16.9 Å². The molecule has 0 aliphatic carbocycles. The minimum Gasteiger partial charge on any atom is -0.318 e. The molecule has 0 fully saturated rings. The molecule has 0 aliphatic rings. The topological polar surface area (TPSA) is 68.0 Å². The molecule has 0 bridgehead atoms. The van der Waals surface area contributed by atoms with E-state index in [1.54, 1.807) is 13.8 Å². The van der Waals surface area contributed by atoms with Crippen LogP contribution in [0.1, 0.15) is 19.4 Å². The number of hydrogen-bond donors (Lipinski definition) is 2. The van der Waals surface area contributed by atoms with Gasteiger partial charge in [-0.15, -0.1) is 0 Å². The van der Waals surface area contributed by atoms with E-state index in [2.05, 4.69) is 16.4 Å². The van der Waals surface area contributed by atoms with E-state index >= 15 is 0 Å². The lowest BCUT2D eigenvalue weighted by molar-refractivity contribution is -0.120. The van der Waals surface area contributed by atoms with Gasteiger partial charge in [0.15, 0.2) is 5.13 Å². The molecule has 0 atom stereocenters. The molecule has 4 nitrogen and oxygen atoms in total. The van der Waals surface area contributed by atoms with Gasteiger partial charge in [0, 0.05) is 0 Å². The van der Waals surface area contributed by atoms with Crippen molar-refractivity contribution in [1.82, 2.24) is 4.98 Å². The molecule has 1 aromatic heterocycles. The molecule has 0 saturated carbocycles. The van der Waals surface area contributed by atoms with Crippen molar-refractivity contribution < 1.29 is 4.79 Å². The van der Waals surface area contributed by atoms with Crippen molar-refractivity contribution in [3.05, 3.63) is 23.8 Å². The Hall–Kier alpha value is -1.46. The maximum Gasteiger partial charge on any atom is 0.245 e. The number of aromatic nitrogens is 1. The molecule has 90 valence electrons. The molecular formula is C12H15N3OS. The number of carbonyl (C=O) groups excluding carboxylic acids is 1. The summed E-state index contributed by atoms with van der Waals surface area (Å²) in [7, 11) is 0. The summed E-state index contributed by atoms with van der Waals surface area (Å²) in [6.45, 7) is 5.36. The van der Waals surface area contributed by atoms with Crippen molar-refractivity contribution >= 4 is 32.6 Å². The number of nitrogens with two attached hydrogens (primary N) is 1. The first-order chi connectivity index (χ1) is 7.86. The van der Waals surface area contributed by atoms with Crippen molar-refractivity contribution in [2.24, 2.45) is 5.73 Å². The molecule has 0 aliphatic heterocycles. The summed E-state index contributed by atoms with van der Waals surface area (Å²) < 4.78 is 1.06. The van der Waals surface area contributed by atoms with Gasteiger partial charge < -0.3 is 11.1 Å². The fourth-order valence-electron chi connectivity index (χ4n) is 1.34. The highest BCUT2D eigenvalue weighted by Crippen LogP contribution is 2.26. The molecule has 2 aromatic rings. The lowest BCUT2D eigenvalue weighted by Gasteiger charge is -2.15. The summed E-state index contributed by atoms with van der Waals surface area (Å²) in [5, 5.41) is 3.33. The average Bonchev–Trinajstić information content (AvgIpc) is 2.57. The van der Waals surface area contributed by atoms with E-state index in [4.69, 9.17) is 5.73 Å². The fourth-order valence-corrected chi connectivity index (χ4v) is 2.30. The first-order valence-corrected chi connectivity index (χ1v) is 6.15. The highest BCUT2D eigenvalue weighted by atomic mass is 32.1. The van der Waals surface area contributed by atoms with Crippen molar-refractivity contribution in [2.45, 2.75) is 26.3 Å². The number of nitrogens with one attached hydrogen (secondary N) is 1. The normalized spacial score (nSPS) is 11.8. The van der Waals surface area contributed by atoms with Gasteiger partial charge in [0.25, 0.3) is 0 Å². The molecule has 5 heteroatoms. The summed E-state index contributed by atoms with van der Waals surface area (Å²) >= 11 is 1.46. The molecule has 1 heterocycles. The Morgan fingerprint density at radius 1 is 1.47 bits per heavy atom. The molecule has 3 N–H and O–H groups in total. The van der Waals surface area contributed by atoms with Gasteiger partial charge in [0.1, 0.15) is 0 Å². The molecule has 0 unspecified atom stereocenters. The van der Waals surface area contributed by atoms with Gasteiger partial charge in [-0.3, -0.25) is 4.79 Å². The van der Waals surface area contributed by atoms with Gasteiger partial charge >= 0.3 is 0 Å². The van der Waals surface area contributed by atoms with E-state index in [1.807, 2.05) is 19.1 Å². The lowest BCUT2D eigenvalue weighted by Crippen LogP contribution is -2.45. The van der Waals surface area contributed by atoms with E-state index < -0.39 is 5.54 Å². The van der Waals surface area contributed by atoms with Crippen molar-refractivity contribution in [3.8, 4) is 0 Å². The van der Waals surface area contributed by atoms with Gasteiger partial charge in [-0.1, -0.05) is 17.4 Å². The first kappa shape index (κ1) is 12.0. The Balaban J connectivity index is 2.29. The van der Waals surface area contributed by atoms with Crippen LogP contribution in [0.15, 0.2) is 18.2 Å². The van der Waals surface area contributed by atoms with Gasteiger partial charge in [-0.25, -0.2) is 4.98 Å². The van der Waals surface area contributed by atoms with Crippen molar-refractivity contribution in [3.63, 3.8) is 0 Å². The SMILES string of the molecule is Cc1ccc2nc(NC(=O)C(C)(C)N)sc2c1. The maximum absolute atomic E-state index is 11.7. The Morgan fingerprint density at radius 2 is 2.18 bits per heavy atom. The van der Waals surface area contributed by atoms with Crippen LogP contribution in [0.4, 0.5) is 5.13 Å². The van der Waals surface area contributed by atoms with Crippen LogP contribution in [0.2, 0.25) is 0 Å². The quantitative estimate of drug-likeness (QED) is 0.858. The van der Waals surface area contributed by atoms with Gasteiger partial charge in [0.05, 0.1) is 15.8 Å². The van der Waals surface area contributed by atoms with Crippen LogP contribution in [0, 0.1) is 6.92 Å². The zero-order chi connectivity index (χ0) is 12.6. The number of fused-ring (bicyclic) bond motifs is 1. The van der Waals surface area contributed by atoms with Crippen LogP contribution in [0.5, 0.6) is 0 Å². The van der Waals surface area contributed by atoms with Crippen molar-refractivity contribution in [2.75, 3.05) is 5.32 Å². The Morgan fingerprint density at radius 3 is 2.82 bits per heavy atom. The second kappa shape index (κ2) is 4.09. The number of benzene rings is 1. The Labute approximate surface area is 104 Å². The largest absolute Gasteiger partial charge is 0.318 e. The average molecular weight is 249 g/mol. The third-order valence-electron chi connectivity index (χ3n) is 2.35. The second-order valence-electron chi connectivity index (χ2n) is 4.67. The summed E-state index contributed by atoms with van der Waals surface area (Å²) in [6, 6.07) is 6.00. The minimum atomic E-state index is -0.895. The van der Waals surface area contributed by atoms with E-state index in [-0.39, 0.29) is 5.91 Å². The summed E-state index contributed by atoms with van der Waals surface area (Å²) in [6.07, 6.45) is 0. The van der Waals surface area contributed by atoms with Gasteiger partial charge in [-0.05, 0) is 38.5 Å². The fraction of sp³-hybridized carbons (Fsp3) is 0.333. The molecule has 0 radical (unpaired) electrons. The number of carbonyl (C=O) groups is 1. The molecule has 0 saturated heterocycles. The Bertz CT molecular complexity index is 569. The first-order valence-electron chi connectivity index (χ1n) is 5.34. The lowest BCUT2D eigenvalue weighted by atomic mass is 10.1. The molecule has 17 heavy (non-hydrogen) atoms. The number of nitrogens with zero attached hydrogens (tertiary/aromatic N) is 1. The summed E-state index contributed by atoms with van der Waals surface area (Å²) in [4.78, 5) is 16.0. The van der Waals surface area contributed by atoms with Crippen LogP contribution in [-0.4, -0.2) is 16.4 Å². The molecular weight excluding hydrogens is 234 g/mol. The third kappa shape index (κ3) is 2.62. The minimum absolute atomic E-state index is 0.228. The number of hydrogen-bond acceptors (Lipinski definition) is 4. The highest BCUT2D eigenvalue weighted by molar-refractivity contribution is 7.22. The highest BCUT2D eigenvalue weighted by Gasteiger charge is 2.22. The molecule has 1 amide bonds. The zero-order valence-corrected chi connectivity index (χ0v) is 10.9. The summed E-state index contributed by atoms with van der Waals surface area (Å²) in [5.74, 6) is -0.228. The monoisotopic (exact) mass is 249 g/mol. The van der Waals surface area contributed by atoms with Crippen molar-refractivity contribution in [1.29, 1.82) is 0 Å². The molecule has 0 spiro atoms. The van der Waals surface area contributed by atoms with Crippen LogP contribution in [0.3, 0.4) is 0 Å². The van der Waals surface area contributed by atoms with Crippen LogP contribution in [0.25, 0.3) is 10.2 Å². The molecule has 1 aromatic carbocycles. The second-order valence-corrected chi connectivity index (χ2v) is 5.70. The number of rotatable bonds is 2. The van der Waals surface area contributed by atoms with Crippen LogP contribution < -0.4 is 11.1 Å². The Kier molecular flexibility index (Phi) is 2.89. The maximum atomic E-state index is 11.7. The zero-order valence-electron chi connectivity index (χ0n) is 10.1. The van der Waals surface area contributed by atoms with Gasteiger partial charge in [0.2, 0.25) is 5.91 Å². The van der Waals surface area contributed by atoms with Gasteiger partial charge in [-0.2, -0.15) is 0 Å². The number of amides is 1. The predicted octanol–water partition coefficient (Wildman–Crippen LogP) is 2.28. The van der Waals surface area contributed by atoms with Crippen LogP contribution in [-0.2, 0) is 4.79 Å².